The van der Waals surface area contributed by atoms with Crippen molar-refractivity contribution in [1.82, 2.24) is 20.1 Å². The van der Waals surface area contributed by atoms with Crippen LogP contribution in [0, 0.1) is 10.1 Å². The van der Waals surface area contributed by atoms with Crippen molar-refractivity contribution < 1.29 is 18.9 Å². The standard InChI is InChI=1S/C23H19N5O5/c1-3-19-26-23(33-27-19)22-15(12-31-2)20-17(11-24-22)25-16-5-4-6-18(21(16)20)32-14-9-7-13(8-10-14)28(29)30/h4-11,25H,3,12H2,1-2H3. The van der Waals surface area contributed by atoms with E-state index in [4.69, 9.17) is 14.0 Å². The Morgan fingerprint density at radius 3 is 2.64 bits per heavy atom. The number of aromatic nitrogens is 4. The third-order valence-electron chi connectivity index (χ3n) is 5.28. The van der Waals surface area contributed by atoms with Crippen molar-refractivity contribution in [2.45, 2.75) is 20.0 Å². The third kappa shape index (κ3) is 3.66. The number of aryl methyl sites for hydroxylation is 1. The average Bonchev–Trinajstić information content (AvgIpc) is 3.45. The molecule has 0 aliphatic carbocycles. The number of methoxy groups -OCH3 is 1. The average molecular weight is 445 g/mol. The maximum Gasteiger partial charge on any atom is 0.276 e. The largest absolute Gasteiger partial charge is 0.457 e. The second-order valence-corrected chi connectivity index (χ2v) is 7.33. The zero-order chi connectivity index (χ0) is 22.9. The van der Waals surface area contributed by atoms with E-state index in [1.54, 1.807) is 25.4 Å². The lowest BCUT2D eigenvalue weighted by Crippen LogP contribution is -1.97. The van der Waals surface area contributed by atoms with Crippen LogP contribution in [0.15, 0.2) is 53.2 Å². The van der Waals surface area contributed by atoms with Crippen LogP contribution in [-0.4, -0.2) is 32.1 Å². The molecule has 0 saturated carbocycles. The zero-order valence-electron chi connectivity index (χ0n) is 17.9. The lowest BCUT2D eigenvalue weighted by molar-refractivity contribution is -0.384. The van der Waals surface area contributed by atoms with E-state index < -0.39 is 4.92 Å². The molecule has 3 aromatic heterocycles. The van der Waals surface area contributed by atoms with E-state index in [1.165, 1.54) is 12.1 Å². The van der Waals surface area contributed by atoms with Gasteiger partial charge in [0.2, 0.25) is 0 Å². The van der Waals surface area contributed by atoms with E-state index in [2.05, 4.69) is 20.1 Å². The van der Waals surface area contributed by atoms with Gasteiger partial charge in [-0.3, -0.25) is 10.1 Å². The van der Waals surface area contributed by atoms with Crippen molar-refractivity contribution in [1.29, 1.82) is 0 Å². The van der Waals surface area contributed by atoms with Gasteiger partial charge < -0.3 is 19.0 Å². The molecular formula is C23H19N5O5. The third-order valence-corrected chi connectivity index (χ3v) is 5.28. The van der Waals surface area contributed by atoms with Crippen molar-refractivity contribution >= 4 is 27.5 Å². The lowest BCUT2D eigenvalue weighted by atomic mass is 10.0. The molecule has 0 aliphatic rings. The number of benzene rings is 2. The minimum Gasteiger partial charge on any atom is -0.457 e. The number of hydrogen-bond donors (Lipinski definition) is 1. The Hall–Kier alpha value is -4.31. The predicted octanol–water partition coefficient (Wildman–Crippen LogP) is 5.18. The second-order valence-electron chi connectivity index (χ2n) is 7.33. The molecule has 166 valence electrons. The topological polar surface area (TPSA) is 129 Å². The van der Waals surface area contributed by atoms with Gasteiger partial charge in [-0.2, -0.15) is 4.98 Å². The maximum atomic E-state index is 11.0. The molecule has 0 spiro atoms. The molecule has 0 fully saturated rings. The fourth-order valence-corrected chi connectivity index (χ4v) is 3.78. The molecule has 0 aliphatic heterocycles. The number of nitro groups is 1. The van der Waals surface area contributed by atoms with E-state index in [0.29, 0.717) is 35.3 Å². The van der Waals surface area contributed by atoms with Gasteiger partial charge in [-0.25, -0.2) is 4.98 Å². The fraction of sp³-hybridized carbons (Fsp3) is 0.174. The van der Waals surface area contributed by atoms with Crippen LogP contribution in [0.2, 0.25) is 0 Å². The number of fused-ring (bicyclic) bond motifs is 3. The highest BCUT2D eigenvalue weighted by Crippen LogP contribution is 2.39. The Balaban J connectivity index is 1.69. The van der Waals surface area contributed by atoms with E-state index in [0.717, 1.165) is 27.4 Å². The molecule has 5 aromatic rings. The molecule has 0 bridgehead atoms. The van der Waals surface area contributed by atoms with Crippen LogP contribution in [0.25, 0.3) is 33.4 Å². The van der Waals surface area contributed by atoms with Gasteiger partial charge in [0.25, 0.3) is 11.6 Å². The normalized spacial score (nSPS) is 11.3. The van der Waals surface area contributed by atoms with Gasteiger partial charge in [-0.05, 0) is 24.3 Å². The minimum atomic E-state index is -0.447. The Kier molecular flexibility index (Phi) is 5.19. The summed E-state index contributed by atoms with van der Waals surface area (Å²) in [6.07, 6.45) is 2.36. The van der Waals surface area contributed by atoms with Crippen molar-refractivity contribution in [3.63, 3.8) is 0 Å². The zero-order valence-corrected chi connectivity index (χ0v) is 17.9. The van der Waals surface area contributed by atoms with E-state index >= 15 is 0 Å². The SMILES string of the molecule is CCc1noc(-c2ncc3[nH]c4cccc(Oc5ccc([N+](=O)[O-])cc5)c4c3c2COC)n1. The Labute approximate surface area is 187 Å². The molecular weight excluding hydrogens is 426 g/mol. The molecule has 5 rings (SSSR count). The van der Waals surface area contributed by atoms with Gasteiger partial charge in [0, 0.05) is 36.6 Å². The van der Waals surface area contributed by atoms with Crippen LogP contribution in [-0.2, 0) is 17.8 Å². The number of pyridine rings is 1. The molecule has 0 amide bonds. The van der Waals surface area contributed by atoms with Gasteiger partial charge >= 0.3 is 0 Å². The Morgan fingerprint density at radius 1 is 1.12 bits per heavy atom. The summed E-state index contributed by atoms with van der Waals surface area (Å²) in [5.74, 6) is 1.98. The summed E-state index contributed by atoms with van der Waals surface area (Å²) in [5.41, 5.74) is 2.97. The van der Waals surface area contributed by atoms with Crippen LogP contribution in [0.4, 0.5) is 5.69 Å². The fourth-order valence-electron chi connectivity index (χ4n) is 3.78. The highest BCUT2D eigenvalue weighted by Gasteiger charge is 2.21. The Bertz CT molecular complexity index is 1470. The van der Waals surface area contributed by atoms with Gasteiger partial charge in [0.05, 0.1) is 34.1 Å². The van der Waals surface area contributed by atoms with Crippen molar-refractivity contribution in [2.75, 3.05) is 7.11 Å². The van der Waals surface area contributed by atoms with Gasteiger partial charge in [0.1, 0.15) is 17.2 Å². The van der Waals surface area contributed by atoms with E-state index in [-0.39, 0.29) is 12.3 Å². The molecule has 10 nitrogen and oxygen atoms in total. The smallest absolute Gasteiger partial charge is 0.276 e. The number of nitro benzene ring substituents is 1. The number of ether oxygens (including phenoxy) is 2. The summed E-state index contributed by atoms with van der Waals surface area (Å²) >= 11 is 0. The van der Waals surface area contributed by atoms with Crippen LogP contribution < -0.4 is 4.74 Å². The highest BCUT2D eigenvalue weighted by atomic mass is 16.6. The van der Waals surface area contributed by atoms with Gasteiger partial charge in [-0.1, -0.05) is 18.1 Å². The summed E-state index contributed by atoms with van der Waals surface area (Å²) in [6.45, 7) is 2.21. The number of nitrogens with one attached hydrogen (secondary N) is 1. The molecule has 0 saturated heterocycles. The van der Waals surface area contributed by atoms with Gasteiger partial charge in [-0.15, -0.1) is 0 Å². The predicted molar refractivity (Wildman–Crippen MR) is 120 cm³/mol. The van der Waals surface area contributed by atoms with Crippen molar-refractivity contribution in [2.24, 2.45) is 0 Å². The van der Waals surface area contributed by atoms with Crippen LogP contribution >= 0.6 is 0 Å². The first kappa shape index (κ1) is 20.6. The molecule has 0 radical (unpaired) electrons. The number of rotatable bonds is 7. The van der Waals surface area contributed by atoms with Gasteiger partial charge in [0.15, 0.2) is 5.82 Å². The molecule has 33 heavy (non-hydrogen) atoms. The molecule has 3 heterocycles. The van der Waals surface area contributed by atoms with Crippen molar-refractivity contribution in [3.8, 4) is 23.1 Å². The van der Waals surface area contributed by atoms with E-state index in [9.17, 15) is 10.1 Å². The molecule has 1 N–H and O–H groups in total. The molecule has 2 aromatic carbocycles. The lowest BCUT2D eigenvalue weighted by Gasteiger charge is -2.10. The first-order chi connectivity index (χ1) is 16.1. The summed E-state index contributed by atoms with van der Waals surface area (Å²) in [7, 11) is 1.61. The second kappa shape index (κ2) is 8.32. The highest BCUT2D eigenvalue weighted by molar-refractivity contribution is 6.12. The summed E-state index contributed by atoms with van der Waals surface area (Å²) < 4.78 is 17.1. The molecule has 0 atom stereocenters. The first-order valence-electron chi connectivity index (χ1n) is 10.3. The van der Waals surface area contributed by atoms with Crippen molar-refractivity contribution in [3.05, 3.63) is 70.2 Å². The number of aromatic amines is 1. The summed E-state index contributed by atoms with van der Waals surface area (Å²) in [6, 6.07) is 11.6. The monoisotopic (exact) mass is 445 g/mol. The van der Waals surface area contributed by atoms with E-state index in [1.807, 2.05) is 25.1 Å². The quantitative estimate of drug-likeness (QED) is 0.268. The Morgan fingerprint density at radius 2 is 1.94 bits per heavy atom. The first-order valence-corrected chi connectivity index (χ1v) is 10.3. The number of nitrogens with zero attached hydrogens (tertiary/aromatic N) is 4. The molecule has 10 heteroatoms. The molecule has 0 unspecified atom stereocenters. The minimum absolute atomic E-state index is 0.00300. The van der Waals surface area contributed by atoms with Crippen LogP contribution in [0.5, 0.6) is 11.5 Å². The number of H-pyrrole nitrogens is 1. The maximum absolute atomic E-state index is 11.0. The van der Waals surface area contributed by atoms with Crippen LogP contribution in [0.1, 0.15) is 18.3 Å². The number of non-ortho nitro benzene ring substituents is 1. The number of hydrogen-bond acceptors (Lipinski definition) is 8. The van der Waals surface area contributed by atoms with Crippen LogP contribution in [0.3, 0.4) is 0 Å². The summed E-state index contributed by atoms with van der Waals surface area (Å²) in [5, 5.41) is 16.6. The summed E-state index contributed by atoms with van der Waals surface area (Å²) in [4.78, 5) is 22.9.